The number of unbranched alkanes of at least 4 members (excludes halogenated alkanes) is 1. The molecule has 18 heavy (non-hydrogen) atoms. The van der Waals surface area contributed by atoms with Crippen LogP contribution in [-0.4, -0.2) is 17.0 Å². The molecule has 1 aliphatic rings. The van der Waals surface area contributed by atoms with E-state index in [4.69, 9.17) is 4.99 Å². The fourth-order valence-corrected chi connectivity index (χ4v) is 3.16. The molecule has 3 heteroatoms. The van der Waals surface area contributed by atoms with Gasteiger partial charge in [0.25, 0.3) is 0 Å². The number of hydrogen-bond acceptors (Lipinski definition) is 3. The van der Waals surface area contributed by atoms with E-state index in [1.807, 2.05) is 11.8 Å². The number of rotatable bonds is 5. The van der Waals surface area contributed by atoms with Crippen LogP contribution < -0.4 is 5.32 Å². The molecule has 0 amide bonds. The number of amidine groups is 1. The second kappa shape index (κ2) is 6.83. The van der Waals surface area contributed by atoms with Gasteiger partial charge in [0, 0.05) is 11.8 Å². The van der Waals surface area contributed by atoms with Gasteiger partial charge in [0.2, 0.25) is 0 Å². The normalized spacial score (nSPS) is 20.6. The van der Waals surface area contributed by atoms with Crippen LogP contribution >= 0.6 is 11.8 Å². The van der Waals surface area contributed by atoms with E-state index in [0.717, 1.165) is 10.9 Å². The lowest BCUT2D eigenvalue weighted by Crippen LogP contribution is -2.29. The van der Waals surface area contributed by atoms with Crippen molar-refractivity contribution >= 4 is 16.9 Å². The molecule has 0 aliphatic carbocycles. The van der Waals surface area contributed by atoms with Gasteiger partial charge in [-0.25, -0.2) is 0 Å². The van der Waals surface area contributed by atoms with E-state index in [-0.39, 0.29) is 0 Å². The molecule has 0 saturated carbocycles. The molecule has 0 aromatic heterocycles. The van der Waals surface area contributed by atoms with Crippen molar-refractivity contribution in [2.24, 2.45) is 4.99 Å². The molecule has 0 radical (unpaired) electrons. The molecule has 2 unspecified atom stereocenters. The van der Waals surface area contributed by atoms with Crippen molar-refractivity contribution in [1.29, 1.82) is 0 Å². The smallest absolute Gasteiger partial charge is 0.157 e. The van der Waals surface area contributed by atoms with Crippen LogP contribution in [0.2, 0.25) is 0 Å². The Labute approximate surface area is 114 Å². The first-order valence-electron chi connectivity index (χ1n) is 6.81. The van der Waals surface area contributed by atoms with E-state index >= 15 is 0 Å². The Hall–Kier alpha value is -0.960. The summed E-state index contributed by atoms with van der Waals surface area (Å²) >= 11 is 1.85. The van der Waals surface area contributed by atoms with Crippen molar-refractivity contribution in [3.8, 4) is 0 Å². The van der Waals surface area contributed by atoms with Gasteiger partial charge in [0.15, 0.2) is 5.17 Å². The molecule has 0 fully saturated rings. The van der Waals surface area contributed by atoms with E-state index < -0.39 is 0 Å². The lowest BCUT2D eigenvalue weighted by atomic mass is 10.1. The summed E-state index contributed by atoms with van der Waals surface area (Å²) in [4.78, 5) is 4.77. The summed E-state index contributed by atoms with van der Waals surface area (Å²) in [6, 6.07) is 11.4. The summed E-state index contributed by atoms with van der Waals surface area (Å²) in [6.45, 7) is 4.48. The first-order valence-corrected chi connectivity index (χ1v) is 7.80. The zero-order valence-electron chi connectivity index (χ0n) is 11.2. The highest BCUT2D eigenvalue weighted by Crippen LogP contribution is 2.29. The number of hydrogen-bond donors (Lipinski definition) is 1. The number of aliphatic imine (C=N–C) groups is 1. The van der Waals surface area contributed by atoms with Crippen LogP contribution in [0.25, 0.3) is 0 Å². The van der Waals surface area contributed by atoms with Gasteiger partial charge in [-0.1, -0.05) is 61.9 Å². The van der Waals surface area contributed by atoms with Crippen LogP contribution in [0.3, 0.4) is 0 Å². The average molecular weight is 262 g/mol. The maximum Gasteiger partial charge on any atom is 0.157 e. The van der Waals surface area contributed by atoms with Gasteiger partial charge in [-0.2, -0.15) is 0 Å². The van der Waals surface area contributed by atoms with Gasteiger partial charge in [-0.3, -0.25) is 4.99 Å². The minimum absolute atomic E-state index is 0.331. The highest BCUT2D eigenvalue weighted by atomic mass is 32.2. The summed E-state index contributed by atoms with van der Waals surface area (Å²) < 4.78 is 0. The Morgan fingerprint density at radius 1 is 1.39 bits per heavy atom. The Morgan fingerprint density at radius 2 is 2.17 bits per heavy atom. The topological polar surface area (TPSA) is 24.4 Å². The van der Waals surface area contributed by atoms with Crippen LogP contribution in [0.1, 0.15) is 44.7 Å². The minimum Gasteiger partial charge on any atom is -0.362 e. The Morgan fingerprint density at radius 3 is 2.89 bits per heavy atom. The highest BCUT2D eigenvalue weighted by Gasteiger charge is 2.20. The molecule has 1 aliphatic heterocycles. The maximum atomic E-state index is 4.77. The van der Waals surface area contributed by atoms with Gasteiger partial charge in [0.1, 0.15) is 0 Å². The van der Waals surface area contributed by atoms with Crippen molar-refractivity contribution in [2.75, 3.05) is 5.75 Å². The Kier molecular flexibility index (Phi) is 5.12. The first-order chi connectivity index (χ1) is 8.79. The monoisotopic (exact) mass is 262 g/mol. The molecule has 1 aromatic rings. The van der Waals surface area contributed by atoms with Crippen molar-refractivity contribution in [2.45, 2.75) is 45.2 Å². The van der Waals surface area contributed by atoms with E-state index in [0.29, 0.717) is 12.1 Å². The van der Waals surface area contributed by atoms with Gasteiger partial charge in [-0.15, -0.1) is 0 Å². The van der Waals surface area contributed by atoms with E-state index in [9.17, 15) is 0 Å². The van der Waals surface area contributed by atoms with Crippen molar-refractivity contribution in [3.05, 3.63) is 35.9 Å². The highest BCUT2D eigenvalue weighted by molar-refractivity contribution is 8.14. The van der Waals surface area contributed by atoms with Crippen molar-refractivity contribution in [3.63, 3.8) is 0 Å². The molecule has 0 spiro atoms. The van der Waals surface area contributed by atoms with Gasteiger partial charge in [-0.05, 0) is 18.9 Å². The number of thioether (sulfide) groups is 1. The molecule has 2 rings (SSSR count). The Bertz CT molecular complexity index is 389. The molecular weight excluding hydrogens is 240 g/mol. The van der Waals surface area contributed by atoms with Gasteiger partial charge < -0.3 is 5.32 Å². The second-order valence-corrected chi connectivity index (χ2v) is 5.87. The Balaban J connectivity index is 1.88. The van der Waals surface area contributed by atoms with Crippen LogP contribution in [0.4, 0.5) is 0 Å². The fraction of sp³-hybridized carbons (Fsp3) is 0.533. The molecule has 0 bridgehead atoms. The largest absolute Gasteiger partial charge is 0.362 e. The summed E-state index contributed by atoms with van der Waals surface area (Å²) in [7, 11) is 0. The number of nitrogens with zero attached hydrogens (tertiary/aromatic N) is 1. The summed E-state index contributed by atoms with van der Waals surface area (Å²) in [5, 5.41) is 4.64. The molecule has 1 heterocycles. The molecule has 1 N–H and O–H groups in total. The standard InChI is InChI=1S/C15H22N2S/c1-3-4-8-12(2)16-15-17-14(11-18-15)13-9-6-5-7-10-13/h5-7,9-10,12,14H,3-4,8,11H2,1-2H3,(H,16,17). The second-order valence-electron chi connectivity index (χ2n) is 4.86. The summed E-state index contributed by atoms with van der Waals surface area (Å²) in [5.74, 6) is 1.06. The van der Waals surface area contributed by atoms with E-state index in [1.165, 1.54) is 24.8 Å². The van der Waals surface area contributed by atoms with Crippen LogP contribution in [0.5, 0.6) is 0 Å². The summed E-state index contributed by atoms with van der Waals surface area (Å²) in [6.07, 6.45) is 3.78. The predicted molar refractivity (Wildman–Crippen MR) is 81.2 cm³/mol. The summed E-state index contributed by atoms with van der Waals surface area (Å²) in [5.41, 5.74) is 1.32. The fourth-order valence-electron chi connectivity index (χ4n) is 2.09. The molecule has 2 atom stereocenters. The molecule has 2 nitrogen and oxygen atoms in total. The average Bonchev–Trinajstić information content (AvgIpc) is 2.86. The SMILES string of the molecule is CCCCC(C)NC1=NC(c2ccccc2)CS1. The van der Waals surface area contributed by atoms with Crippen LogP contribution in [0.15, 0.2) is 35.3 Å². The van der Waals surface area contributed by atoms with Gasteiger partial charge in [0.05, 0.1) is 6.04 Å². The van der Waals surface area contributed by atoms with E-state index in [2.05, 4.69) is 49.5 Å². The first kappa shape index (κ1) is 13.5. The van der Waals surface area contributed by atoms with Gasteiger partial charge >= 0.3 is 0 Å². The third-order valence-corrected chi connectivity index (χ3v) is 4.18. The molecular formula is C15H22N2S. The zero-order chi connectivity index (χ0) is 12.8. The lowest BCUT2D eigenvalue weighted by Gasteiger charge is -2.13. The third kappa shape index (κ3) is 3.77. The molecule has 0 saturated heterocycles. The predicted octanol–water partition coefficient (Wildman–Crippen LogP) is 4.00. The van der Waals surface area contributed by atoms with Crippen LogP contribution in [-0.2, 0) is 0 Å². The number of benzene rings is 1. The molecule has 1 aromatic carbocycles. The quantitative estimate of drug-likeness (QED) is 0.867. The van der Waals surface area contributed by atoms with Crippen molar-refractivity contribution < 1.29 is 0 Å². The van der Waals surface area contributed by atoms with Crippen molar-refractivity contribution in [1.82, 2.24) is 5.32 Å². The minimum atomic E-state index is 0.331. The lowest BCUT2D eigenvalue weighted by molar-refractivity contribution is 0.572. The number of nitrogens with one attached hydrogen (secondary N) is 1. The third-order valence-electron chi connectivity index (χ3n) is 3.20. The molecule has 98 valence electrons. The van der Waals surface area contributed by atoms with Crippen LogP contribution in [0, 0.1) is 0 Å². The zero-order valence-corrected chi connectivity index (χ0v) is 12.0. The van der Waals surface area contributed by atoms with E-state index in [1.54, 1.807) is 0 Å². The maximum absolute atomic E-state index is 4.77.